The second-order valence-corrected chi connectivity index (χ2v) is 8.36. The Morgan fingerprint density at radius 2 is 1.81 bits per heavy atom. The zero-order valence-corrected chi connectivity index (χ0v) is 17.4. The molecule has 1 aromatic heterocycles. The minimum atomic E-state index is -1.66. The second kappa shape index (κ2) is 8.94. The third-order valence-corrected chi connectivity index (χ3v) is 6.52. The van der Waals surface area contributed by atoms with E-state index in [-0.39, 0.29) is 28.6 Å². The highest BCUT2D eigenvalue weighted by molar-refractivity contribution is 7.97. The molecule has 0 bridgehead atoms. The van der Waals surface area contributed by atoms with E-state index in [1.165, 1.54) is 9.47 Å². The smallest absolute Gasteiger partial charge is 0.286 e. The van der Waals surface area contributed by atoms with Gasteiger partial charge >= 0.3 is 0 Å². The average molecular weight is 470 g/mol. The Kier molecular flexibility index (Phi) is 6.24. The van der Waals surface area contributed by atoms with Crippen molar-refractivity contribution < 1.29 is 31.9 Å². The van der Waals surface area contributed by atoms with Crippen molar-refractivity contribution >= 4 is 35.7 Å². The molecule has 2 aliphatic heterocycles. The van der Waals surface area contributed by atoms with Gasteiger partial charge < -0.3 is 14.8 Å². The second-order valence-electron chi connectivity index (χ2n) is 7.51. The average Bonchev–Trinajstić information content (AvgIpc) is 3.46. The van der Waals surface area contributed by atoms with Crippen LogP contribution in [0.3, 0.4) is 0 Å². The first-order chi connectivity index (χ1) is 15.3. The van der Waals surface area contributed by atoms with Gasteiger partial charge in [-0.1, -0.05) is 0 Å². The van der Waals surface area contributed by atoms with Crippen LogP contribution in [-0.2, 0) is 22.6 Å². The first-order valence-electron chi connectivity index (χ1n) is 9.83. The number of nitrogens with zero attached hydrogens (tertiary/aromatic N) is 2. The summed E-state index contributed by atoms with van der Waals surface area (Å²) in [6.07, 6.45) is 2.06. The Bertz CT molecular complexity index is 1080. The minimum absolute atomic E-state index is 0.164. The van der Waals surface area contributed by atoms with E-state index in [0.29, 0.717) is 56.7 Å². The van der Waals surface area contributed by atoms with E-state index >= 15 is 4.39 Å². The fourth-order valence-electron chi connectivity index (χ4n) is 3.93. The van der Waals surface area contributed by atoms with Crippen molar-refractivity contribution in [2.24, 2.45) is 0 Å². The SMILES string of the molecule is O=CC(=O)N1CCC(NSc2c(F)c(C(=O)Nc3cc(F)c(F)c(F)c3)n3c2CCC3)C1. The number of amides is 2. The van der Waals surface area contributed by atoms with Gasteiger partial charge in [-0.3, -0.25) is 19.1 Å². The summed E-state index contributed by atoms with van der Waals surface area (Å²) in [6, 6.07) is 1.07. The van der Waals surface area contributed by atoms with Gasteiger partial charge in [0.1, 0.15) is 5.69 Å². The molecule has 0 radical (unpaired) electrons. The van der Waals surface area contributed by atoms with Crippen LogP contribution in [0.5, 0.6) is 0 Å². The van der Waals surface area contributed by atoms with Crippen molar-refractivity contribution in [1.82, 2.24) is 14.2 Å². The van der Waals surface area contributed by atoms with E-state index in [9.17, 15) is 27.6 Å². The number of fused-ring (bicyclic) bond motifs is 1. The van der Waals surface area contributed by atoms with Gasteiger partial charge in [0.05, 0.1) is 4.90 Å². The molecule has 1 aromatic carbocycles. The van der Waals surface area contributed by atoms with Gasteiger partial charge in [-0.05, 0) is 31.2 Å². The van der Waals surface area contributed by atoms with Gasteiger partial charge in [-0.2, -0.15) is 0 Å². The van der Waals surface area contributed by atoms with Gasteiger partial charge in [-0.25, -0.2) is 17.6 Å². The molecule has 2 aromatic rings. The number of hydrogen-bond acceptors (Lipinski definition) is 5. The van der Waals surface area contributed by atoms with Gasteiger partial charge in [0.15, 0.2) is 23.3 Å². The van der Waals surface area contributed by atoms with Crippen molar-refractivity contribution in [1.29, 1.82) is 0 Å². The number of anilines is 1. The van der Waals surface area contributed by atoms with Crippen LogP contribution in [0.25, 0.3) is 0 Å². The van der Waals surface area contributed by atoms with Crippen LogP contribution < -0.4 is 10.0 Å². The van der Waals surface area contributed by atoms with Crippen LogP contribution in [0.1, 0.15) is 29.0 Å². The monoisotopic (exact) mass is 470 g/mol. The summed E-state index contributed by atoms with van der Waals surface area (Å²) in [7, 11) is 0. The summed E-state index contributed by atoms with van der Waals surface area (Å²) in [5.41, 5.74) is -0.00544. The number of hydrogen-bond donors (Lipinski definition) is 2. The fourth-order valence-corrected chi connectivity index (χ4v) is 4.92. The summed E-state index contributed by atoms with van der Waals surface area (Å²) in [5.74, 6) is -6.91. The summed E-state index contributed by atoms with van der Waals surface area (Å²) < 4.78 is 59.9. The highest BCUT2D eigenvalue weighted by Gasteiger charge is 2.32. The van der Waals surface area contributed by atoms with Crippen LogP contribution in [0.4, 0.5) is 23.2 Å². The maximum Gasteiger partial charge on any atom is 0.286 e. The van der Waals surface area contributed by atoms with E-state index in [0.717, 1.165) is 11.9 Å². The highest BCUT2D eigenvalue weighted by atomic mass is 32.2. The van der Waals surface area contributed by atoms with Gasteiger partial charge in [0.25, 0.3) is 11.8 Å². The number of carbonyl (C=O) groups excluding carboxylic acids is 3. The molecule has 4 rings (SSSR count). The Hall–Kier alpha value is -2.86. The van der Waals surface area contributed by atoms with E-state index < -0.39 is 35.1 Å². The van der Waals surface area contributed by atoms with Crippen LogP contribution in [-0.4, -0.2) is 46.7 Å². The van der Waals surface area contributed by atoms with Crippen molar-refractivity contribution in [3.63, 3.8) is 0 Å². The standard InChI is InChI=1S/C20H18F4N4O3S/c21-12-6-11(7-13(22)16(12)23)25-20(31)18-17(24)19(14-2-1-4-28(14)18)32-26-10-3-5-27(8-10)15(30)9-29/h6-7,9-10,26H,1-5,8H2,(H,25,31). The van der Waals surface area contributed by atoms with Gasteiger partial charge in [0.2, 0.25) is 6.29 Å². The lowest BCUT2D eigenvalue weighted by Crippen LogP contribution is -2.33. The molecule has 1 saturated heterocycles. The number of likely N-dealkylation sites (tertiary alicyclic amines) is 1. The molecule has 1 atom stereocenters. The molecular formula is C20H18F4N4O3S. The summed E-state index contributed by atoms with van der Waals surface area (Å²) in [6.45, 7) is 1.11. The molecule has 0 spiro atoms. The van der Waals surface area contributed by atoms with Crippen molar-refractivity contribution in [2.75, 3.05) is 18.4 Å². The first-order valence-corrected chi connectivity index (χ1v) is 10.6. The fraction of sp³-hybridized carbons (Fsp3) is 0.350. The zero-order chi connectivity index (χ0) is 23.0. The molecule has 7 nitrogen and oxygen atoms in total. The Morgan fingerprint density at radius 3 is 2.50 bits per heavy atom. The van der Waals surface area contributed by atoms with E-state index in [1.54, 1.807) is 0 Å². The third kappa shape index (κ3) is 4.11. The zero-order valence-electron chi connectivity index (χ0n) is 16.6. The molecule has 32 heavy (non-hydrogen) atoms. The number of rotatable bonds is 6. The predicted molar refractivity (Wildman–Crippen MR) is 107 cm³/mol. The van der Waals surface area contributed by atoms with Gasteiger partial charge in [-0.15, -0.1) is 0 Å². The van der Waals surface area contributed by atoms with Crippen LogP contribution in [0.2, 0.25) is 0 Å². The number of nitrogens with one attached hydrogen (secondary N) is 2. The lowest BCUT2D eigenvalue weighted by atomic mass is 10.2. The molecule has 0 aliphatic carbocycles. The summed E-state index contributed by atoms with van der Waals surface area (Å²) >= 11 is 1.00. The molecule has 1 unspecified atom stereocenters. The number of aldehydes is 1. The van der Waals surface area contributed by atoms with Gasteiger partial charge in [0, 0.05) is 49.2 Å². The van der Waals surface area contributed by atoms with E-state index in [2.05, 4.69) is 10.0 Å². The predicted octanol–water partition coefficient (Wildman–Crippen LogP) is 2.64. The number of carbonyl (C=O) groups is 3. The molecule has 3 heterocycles. The lowest BCUT2D eigenvalue weighted by Gasteiger charge is -2.14. The highest BCUT2D eigenvalue weighted by Crippen LogP contribution is 2.35. The van der Waals surface area contributed by atoms with E-state index in [1.807, 2.05) is 0 Å². The Morgan fingerprint density at radius 1 is 1.09 bits per heavy atom. The largest absolute Gasteiger partial charge is 0.337 e. The molecular weight excluding hydrogens is 452 g/mol. The first kappa shape index (κ1) is 22.3. The number of halogens is 4. The number of aromatic nitrogens is 1. The third-order valence-electron chi connectivity index (χ3n) is 5.45. The quantitative estimate of drug-likeness (QED) is 0.223. The van der Waals surface area contributed by atoms with Crippen molar-refractivity contribution in [3.05, 3.63) is 46.8 Å². The normalized spacial score (nSPS) is 17.5. The molecule has 0 saturated carbocycles. The molecule has 2 N–H and O–H groups in total. The maximum atomic E-state index is 15.2. The topological polar surface area (TPSA) is 83.4 Å². The van der Waals surface area contributed by atoms with Crippen LogP contribution >= 0.6 is 11.9 Å². The molecule has 2 aliphatic rings. The lowest BCUT2D eigenvalue weighted by molar-refractivity contribution is -0.138. The van der Waals surface area contributed by atoms with Crippen molar-refractivity contribution in [2.45, 2.75) is 36.7 Å². The van der Waals surface area contributed by atoms with Crippen molar-refractivity contribution in [3.8, 4) is 0 Å². The van der Waals surface area contributed by atoms with Crippen LogP contribution in [0.15, 0.2) is 17.0 Å². The maximum absolute atomic E-state index is 15.2. The molecule has 12 heteroatoms. The minimum Gasteiger partial charge on any atom is -0.337 e. The Balaban J connectivity index is 1.51. The summed E-state index contributed by atoms with van der Waals surface area (Å²) in [5, 5.41) is 2.22. The van der Waals surface area contributed by atoms with E-state index in [4.69, 9.17) is 0 Å². The molecule has 2 amide bonds. The van der Waals surface area contributed by atoms with Crippen LogP contribution in [0, 0.1) is 23.3 Å². The summed E-state index contributed by atoms with van der Waals surface area (Å²) in [4.78, 5) is 36.4. The Labute approximate surface area is 184 Å². The number of benzene rings is 1. The molecule has 1 fully saturated rings. The molecule has 170 valence electrons.